The third-order valence-corrected chi connectivity index (χ3v) is 3.96. The highest BCUT2D eigenvalue weighted by atomic mass is 16.3. The maximum atomic E-state index is 9.90. The van der Waals surface area contributed by atoms with Gasteiger partial charge in [0.2, 0.25) is 0 Å². The summed E-state index contributed by atoms with van der Waals surface area (Å²) in [5.74, 6) is 0.116. The summed E-state index contributed by atoms with van der Waals surface area (Å²) in [6.07, 6.45) is 3.04. The number of allylic oxidation sites excluding steroid dienone is 1. The molecular weight excluding hydrogens is 262 g/mol. The summed E-state index contributed by atoms with van der Waals surface area (Å²) in [5, 5.41) is 22.1. The molecule has 1 aliphatic carbocycles. The van der Waals surface area contributed by atoms with Gasteiger partial charge in [-0.1, -0.05) is 36.4 Å². The number of nitrogens with zero attached hydrogens (tertiary/aromatic N) is 1. The largest absolute Gasteiger partial charge is 0.508 e. The Morgan fingerprint density at radius 3 is 2.05 bits per heavy atom. The molecule has 1 aromatic heterocycles. The summed E-state index contributed by atoms with van der Waals surface area (Å²) in [6, 6.07) is 16.4. The highest BCUT2D eigenvalue weighted by Gasteiger charge is 2.18. The Balaban J connectivity index is 2.09. The number of hydrogen-bond donors (Lipinski definition) is 2. The zero-order chi connectivity index (χ0) is 14.4. The van der Waals surface area contributed by atoms with Crippen LogP contribution in [0.1, 0.15) is 6.42 Å². The average Bonchev–Trinajstić information content (AvgIpc) is 2.81. The molecule has 4 rings (SSSR count). The standard InChI is InChI=1S/C18H15NO2/c20-13-9-12(10-14(21)11-13)19-17-7-3-1-5-15(17)16-6-2-4-8-18(16)19/h1-9,11,14,20-21H,10H2. The van der Waals surface area contributed by atoms with Crippen molar-refractivity contribution in [1.29, 1.82) is 0 Å². The Labute approximate surface area is 122 Å². The molecule has 0 bridgehead atoms. The fourth-order valence-corrected chi connectivity index (χ4v) is 3.14. The smallest absolute Gasteiger partial charge is 0.115 e. The predicted octanol–water partition coefficient (Wildman–Crippen LogP) is 3.84. The van der Waals surface area contributed by atoms with Crippen LogP contribution in [0.15, 0.2) is 66.4 Å². The van der Waals surface area contributed by atoms with Gasteiger partial charge < -0.3 is 14.8 Å². The van der Waals surface area contributed by atoms with Gasteiger partial charge in [0, 0.05) is 22.9 Å². The van der Waals surface area contributed by atoms with Crippen LogP contribution in [0.2, 0.25) is 0 Å². The molecule has 104 valence electrons. The lowest BCUT2D eigenvalue weighted by Gasteiger charge is -2.18. The van der Waals surface area contributed by atoms with Gasteiger partial charge in [-0.3, -0.25) is 0 Å². The van der Waals surface area contributed by atoms with Crippen molar-refractivity contribution in [3.8, 4) is 0 Å². The number of hydrogen-bond acceptors (Lipinski definition) is 2. The zero-order valence-corrected chi connectivity index (χ0v) is 11.4. The third kappa shape index (κ3) is 1.86. The van der Waals surface area contributed by atoms with E-state index in [-0.39, 0.29) is 5.76 Å². The van der Waals surface area contributed by atoms with Crippen LogP contribution in [0.5, 0.6) is 0 Å². The molecule has 1 unspecified atom stereocenters. The molecule has 0 fully saturated rings. The molecule has 0 spiro atoms. The topological polar surface area (TPSA) is 45.4 Å². The predicted molar refractivity (Wildman–Crippen MR) is 85.1 cm³/mol. The fourth-order valence-electron chi connectivity index (χ4n) is 3.14. The van der Waals surface area contributed by atoms with Crippen molar-refractivity contribution >= 4 is 27.5 Å². The first-order chi connectivity index (χ1) is 10.2. The average molecular weight is 277 g/mol. The molecule has 3 aromatic rings. The lowest BCUT2D eigenvalue weighted by Crippen LogP contribution is -2.12. The van der Waals surface area contributed by atoms with Crippen molar-refractivity contribution in [2.24, 2.45) is 0 Å². The molecule has 0 radical (unpaired) electrons. The first-order valence-corrected chi connectivity index (χ1v) is 7.02. The minimum Gasteiger partial charge on any atom is -0.508 e. The SMILES string of the molecule is OC1=CC(O)CC(n2c3ccccc3c3ccccc32)=C1. The lowest BCUT2D eigenvalue weighted by molar-refractivity contribution is 0.220. The van der Waals surface area contributed by atoms with Gasteiger partial charge in [-0.2, -0.15) is 0 Å². The fraction of sp³-hybridized carbons (Fsp3) is 0.111. The number of fused-ring (bicyclic) bond motifs is 3. The van der Waals surface area contributed by atoms with E-state index in [2.05, 4.69) is 28.8 Å². The first kappa shape index (κ1) is 12.2. The van der Waals surface area contributed by atoms with E-state index in [1.165, 1.54) is 16.8 Å². The van der Waals surface area contributed by atoms with E-state index in [1.807, 2.05) is 24.3 Å². The van der Waals surface area contributed by atoms with Gasteiger partial charge in [0.15, 0.2) is 0 Å². The number of aromatic nitrogens is 1. The molecule has 2 aromatic carbocycles. The zero-order valence-electron chi connectivity index (χ0n) is 11.4. The summed E-state index contributed by atoms with van der Waals surface area (Å²) >= 11 is 0. The van der Waals surface area contributed by atoms with E-state index >= 15 is 0 Å². The maximum absolute atomic E-state index is 9.90. The van der Waals surface area contributed by atoms with Crippen molar-refractivity contribution in [2.45, 2.75) is 12.5 Å². The number of aliphatic hydroxyl groups is 2. The Hall–Kier alpha value is -2.52. The second-order valence-electron chi connectivity index (χ2n) is 5.37. The van der Waals surface area contributed by atoms with E-state index < -0.39 is 6.10 Å². The number of benzene rings is 2. The van der Waals surface area contributed by atoms with E-state index in [1.54, 1.807) is 6.08 Å². The first-order valence-electron chi connectivity index (χ1n) is 7.02. The molecule has 21 heavy (non-hydrogen) atoms. The summed E-state index contributed by atoms with van der Waals surface area (Å²) in [5.41, 5.74) is 3.08. The van der Waals surface area contributed by atoms with Crippen LogP contribution >= 0.6 is 0 Å². The molecule has 2 N–H and O–H groups in total. The van der Waals surface area contributed by atoms with Gasteiger partial charge in [-0.15, -0.1) is 0 Å². The van der Waals surface area contributed by atoms with Crippen LogP contribution in [0, 0.1) is 0 Å². The quantitative estimate of drug-likeness (QED) is 0.710. The number of para-hydroxylation sites is 2. The van der Waals surface area contributed by atoms with Crippen LogP contribution in [0.25, 0.3) is 27.5 Å². The molecule has 1 heterocycles. The highest BCUT2D eigenvalue weighted by molar-refractivity contribution is 6.10. The maximum Gasteiger partial charge on any atom is 0.115 e. The highest BCUT2D eigenvalue weighted by Crippen LogP contribution is 2.34. The molecule has 0 saturated carbocycles. The van der Waals surface area contributed by atoms with E-state index in [4.69, 9.17) is 0 Å². The molecule has 0 saturated heterocycles. The molecule has 1 aliphatic rings. The van der Waals surface area contributed by atoms with Crippen LogP contribution in [0.4, 0.5) is 0 Å². The summed E-state index contributed by atoms with van der Waals surface area (Å²) in [7, 11) is 0. The molecule has 0 aliphatic heterocycles. The van der Waals surface area contributed by atoms with E-state index in [0.717, 1.165) is 16.7 Å². The second kappa shape index (κ2) is 4.50. The Morgan fingerprint density at radius 1 is 0.905 bits per heavy atom. The normalized spacial score (nSPS) is 18.8. The van der Waals surface area contributed by atoms with Gasteiger partial charge in [-0.25, -0.2) is 0 Å². The Bertz CT molecular complexity index is 849. The van der Waals surface area contributed by atoms with Crippen LogP contribution in [0.3, 0.4) is 0 Å². The number of rotatable bonds is 1. The molecule has 0 amide bonds. The molecule has 1 atom stereocenters. The molecule has 3 nitrogen and oxygen atoms in total. The third-order valence-electron chi connectivity index (χ3n) is 3.96. The summed E-state index contributed by atoms with van der Waals surface area (Å²) < 4.78 is 2.12. The number of aliphatic hydroxyl groups excluding tert-OH is 2. The Morgan fingerprint density at radius 2 is 1.48 bits per heavy atom. The van der Waals surface area contributed by atoms with Gasteiger partial charge >= 0.3 is 0 Å². The van der Waals surface area contributed by atoms with Crippen molar-refractivity contribution in [2.75, 3.05) is 0 Å². The van der Waals surface area contributed by atoms with Crippen LogP contribution < -0.4 is 0 Å². The second-order valence-corrected chi connectivity index (χ2v) is 5.37. The van der Waals surface area contributed by atoms with Gasteiger partial charge in [0.25, 0.3) is 0 Å². The van der Waals surface area contributed by atoms with Crippen molar-refractivity contribution < 1.29 is 10.2 Å². The summed E-state index contributed by atoms with van der Waals surface area (Å²) in [6.45, 7) is 0. The summed E-state index contributed by atoms with van der Waals surface area (Å²) in [4.78, 5) is 0. The van der Waals surface area contributed by atoms with Crippen molar-refractivity contribution in [1.82, 2.24) is 4.57 Å². The monoisotopic (exact) mass is 277 g/mol. The molecular formula is C18H15NO2. The van der Waals surface area contributed by atoms with Crippen molar-refractivity contribution in [3.63, 3.8) is 0 Å². The van der Waals surface area contributed by atoms with Gasteiger partial charge in [-0.05, 0) is 24.3 Å². The van der Waals surface area contributed by atoms with E-state index in [9.17, 15) is 10.2 Å². The molecule has 3 heteroatoms. The van der Waals surface area contributed by atoms with Crippen LogP contribution in [-0.4, -0.2) is 20.9 Å². The van der Waals surface area contributed by atoms with Gasteiger partial charge in [0.05, 0.1) is 17.1 Å². The minimum atomic E-state index is -0.648. The minimum absolute atomic E-state index is 0.116. The van der Waals surface area contributed by atoms with Crippen molar-refractivity contribution in [3.05, 3.63) is 66.4 Å². The van der Waals surface area contributed by atoms with E-state index in [0.29, 0.717) is 6.42 Å². The van der Waals surface area contributed by atoms with Gasteiger partial charge in [0.1, 0.15) is 5.76 Å². The Kier molecular flexibility index (Phi) is 2.62. The lowest BCUT2D eigenvalue weighted by atomic mass is 10.1. The van der Waals surface area contributed by atoms with Crippen LogP contribution in [-0.2, 0) is 0 Å².